The van der Waals surface area contributed by atoms with Gasteiger partial charge in [-0.05, 0) is 67.1 Å². The van der Waals surface area contributed by atoms with Gasteiger partial charge >= 0.3 is 6.03 Å². The van der Waals surface area contributed by atoms with E-state index >= 15 is 0 Å². The van der Waals surface area contributed by atoms with Crippen LogP contribution in [0, 0.1) is 11.3 Å². The summed E-state index contributed by atoms with van der Waals surface area (Å²) in [6, 6.07) is 21.1. The van der Waals surface area contributed by atoms with Crippen LogP contribution >= 0.6 is 22.6 Å². The maximum absolute atomic E-state index is 12.3. The number of benzene rings is 3. The molecule has 4 aromatic rings. The predicted molar refractivity (Wildman–Crippen MR) is 148 cm³/mol. The highest BCUT2D eigenvalue weighted by molar-refractivity contribution is 14.1. The lowest BCUT2D eigenvalue weighted by atomic mass is 10.1. The minimum absolute atomic E-state index is 0.366. The summed E-state index contributed by atoms with van der Waals surface area (Å²) in [5.74, 6) is 2.36. The number of anilines is 2. The molecule has 0 bridgehead atoms. The smallest absolute Gasteiger partial charge is 0.323 e. The molecule has 0 fully saturated rings. The number of nitriles is 1. The number of carbonyl (C=O) groups is 1. The number of hydrogen-bond donors (Lipinski definition) is 2. The Bertz CT molecular complexity index is 1390. The number of fused-ring (bicyclic) bond motifs is 1. The number of ether oxygens (including phenoxy) is 3. The third-order valence-corrected chi connectivity index (χ3v) is 5.91. The first kappa shape index (κ1) is 25.1. The number of hydrogen-bond acceptors (Lipinski definition) is 6. The molecule has 0 aliphatic carbocycles. The highest BCUT2D eigenvalue weighted by Gasteiger charge is 2.12. The maximum atomic E-state index is 12.3. The zero-order chi connectivity index (χ0) is 25.3. The lowest BCUT2D eigenvalue weighted by Gasteiger charge is -2.12. The van der Waals surface area contributed by atoms with Gasteiger partial charge in [0.15, 0.2) is 0 Å². The van der Waals surface area contributed by atoms with Crippen LogP contribution in [0.25, 0.3) is 10.9 Å². The first-order valence-corrected chi connectivity index (χ1v) is 12.6. The van der Waals surface area contributed by atoms with E-state index in [9.17, 15) is 10.1 Å². The van der Waals surface area contributed by atoms with Crippen molar-refractivity contribution in [2.45, 2.75) is 6.42 Å². The molecule has 8 nitrogen and oxygen atoms in total. The molecular weight excluding hydrogens is 571 g/mol. The van der Waals surface area contributed by atoms with E-state index < -0.39 is 0 Å². The number of pyridine rings is 1. The highest BCUT2D eigenvalue weighted by Crippen LogP contribution is 2.33. The summed E-state index contributed by atoms with van der Waals surface area (Å²) >= 11 is 2.29. The van der Waals surface area contributed by atoms with Gasteiger partial charge in [-0.25, -0.2) is 4.79 Å². The summed E-state index contributed by atoms with van der Waals surface area (Å²) < 4.78 is 17.9. The largest absolute Gasteiger partial charge is 0.497 e. The van der Waals surface area contributed by atoms with Gasteiger partial charge in [-0.15, -0.1) is 0 Å². The minimum Gasteiger partial charge on any atom is -0.497 e. The molecule has 0 spiro atoms. The molecule has 0 aliphatic heterocycles. The normalized spacial score (nSPS) is 10.4. The van der Waals surface area contributed by atoms with E-state index in [4.69, 9.17) is 14.2 Å². The van der Waals surface area contributed by atoms with Crippen molar-refractivity contribution < 1.29 is 19.0 Å². The van der Waals surface area contributed by atoms with Gasteiger partial charge in [0.1, 0.15) is 29.1 Å². The monoisotopic (exact) mass is 594 g/mol. The number of urea groups is 1. The van der Waals surface area contributed by atoms with Crippen molar-refractivity contribution in [3.05, 3.63) is 78.5 Å². The second kappa shape index (κ2) is 12.1. The fraction of sp³-hybridized carbons (Fsp3) is 0.148. The number of nitrogens with one attached hydrogen (secondary N) is 2. The van der Waals surface area contributed by atoms with Crippen LogP contribution in [0.15, 0.2) is 72.9 Å². The van der Waals surface area contributed by atoms with Crippen molar-refractivity contribution in [3.8, 4) is 29.1 Å². The minimum atomic E-state index is -0.366. The van der Waals surface area contributed by atoms with Gasteiger partial charge in [0, 0.05) is 33.5 Å². The summed E-state index contributed by atoms with van der Waals surface area (Å²) in [6.07, 6.45) is 2.55. The standard InChI is InChI=1S/C27H23IN4O4/c1-34-21-7-3-19(4-8-21)31-27(33)32-20-5-9-22(10-6-20)36-25-11-13-30-24-16-26(35-14-2-12-28)18(17-29)15-23(24)25/h3-11,13,15-16H,2,12,14H2,1H3,(H2,31,32,33). The van der Waals surface area contributed by atoms with Crippen LogP contribution in [0.5, 0.6) is 23.0 Å². The Morgan fingerprint density at radius 3 is 2.25 bits per heavy atom. The van der Waals surface area contributed by atoms with E-state index in [-0.39, 0.29) is 6.03 Å². The van der Waals surface area contributed by atoms with E-state index in [1.54, 1.807) is 80.0 Å². The molecule has 2 N–H and O–H groups in total. The molecule has 1 aromatic heterocycles. The number of carbonyl (C=O) groups excluding carboxylic acids is 1. The summed E-state index contributed by atoms with van der Waals surface area (Å²) in [4.78, 5) is 16.7. The van der Waals surface area contributed by atoms with Gasteiger partial charge in [0.2, 0.25) is 0 Å². The third kappa shape index (κ3) is 6.34. The number of nitrogens with zero attached hydrogens (tertiary/aromatic N) is 2. The van der Waals surface area contributed by atoms with E-state index in [0.717, 1.165) is 10.8 Å². The van der Waals surface area contributed by atoms with E-state index in [2.05, 4.69) is 44.3 Å². The average Bonchev–Trinajstić information content (AvgIpc) is 2.90. The molecular formula is C27H23IN4O4. The van der Waals surface area contributed by atoms with Gasteiger partial charge in [-0.2, -0.15) is 5.26 Å². The van der Waals surface area contributed by atoms with Crippen LogP contribution in [0.3, 0.4) is 0 Å². The predicted octanol–water partition coefficient (Wildman–Crippen LogP) is 6.76. The van der Waals surface area contributed by atoms with Gasteiger partial charge in [-0.3, -0.25) is 4.98 Å². The Morgan fingerprint density at radius 2 is 1.64 bits per heavy atom. The van der Waals surface area contributed by atoms with Crippen LogP contribution in [0.1, 0.15) is 12.0 Å². The van der Waals surface area contributed by atoms with Gasteiger partial charge in [0.05, 0.1) is 24.8 Å². The van der Waals surface area contributed by atoms with Gasteiger partial charge in [-0.1, -0.05) is 22.6 Å². The zero-order valence-electron chi connectivity index (χ0n) is 19.5. The Balaban J connectivity index is 1.44. The highest BCUT2D eigenvalue weighted by atomic mass is 127. The molecule has 3 aromatic carbocycles. The van der Waals surface area contributed by atoms with Crippen molar-refractivity contribution >= 4 is 50.9 Å². The fourth-order valence-corrected chi connectivity index (χ4v) is 3.69. The number of amides is 2. The summed E-state index contributed by atoms with van der Waals surface area (Å²) in [5.41, 5.74) is 2.35. The second-order valence-corrected chi connectivity index (χ2v) is 8.69. The second-order valence-electron chi connectivity index (χ2n) is 7.61. The van der Waals surface area contributed by atoms with E-state index in [0.29, 0.717) is 57.4 Å². The lowest BCUT2D eigenvalue weighted by Crippen LogP contribution is -2.19. The number of rotatable bonds is 9. The molecule has 0 atom stereocenters. The van der Waals surface area contributed by atoms with Crippen LogP contribution in [-0.2, 0) is 0 Å². The summed E-state index contributed by atoms with van der Waals surface area (Å²) in [6.45, 7) is 0.540. The molecule has 4 rings (SSSR count). The average molecular weight is 594 g/mol. The van der Waals surface area contributed by atoms with Crippen LogP contribution in [-0.4, -0.2) is 29.2 Å². The molecule has 0 saturated carbocycles. The van der Waals surface area contributed by atoms with Crippen molar-refractivity contribution in [1.29, 1.82) is 5.26 Å². The molecule has 182 valence electrons. The molecule has 1 heterocycles. The van der Waals surface area contributed by atoms with Crippen molar-refractivity contribution in [3.63, 3.8) is 0 Å². The first-order chi connectivity index (χ1) is 17.6. The van der Waals surface area contributed by atoms with Crippen molar-refractivity contribution in [2.24, 2.45) is 0 Å². The molecule has 0 saturated heterocycles. The molecule has 36 heavy (non-hydrogen) atoms. The number of halogens is 1. The van der Waals surface area contributed by atoms with Crippen molar-refractivity contribution in [1.82, 2.24) is 4.98 Å². The van der Waals surface area contributed by atoms with Gasteiger partial charge < -0.3 is 24.8 Å². The zero-order valence-corrected chi connectivity index (χ0v) is 21.6. The maximum Gasteiger partial charge on any atom is 0.323 e. The van der Waals surface area contributed by atoms with Crippen molar-refractivity contribution in [2.75, 3.05) is 28.8 Å². The Kier molecular flexibility index (Phi) is 8.41. The molecule has 0 aliphatic rings. The molecule has 0 radical (unpaired) electrons. The third-order valence-electron chi connectivity index (χ3n) is 5.15. The summed E-state index contributed by atoms with van der Waals surface area (Å²) in [7, 11) is 1.59. The first-order valence-electron chi connectivity index (χ1n) is 11.1. The topological polar surface area (TPSA) is 106 Å². The van der Waals surface area contributed by atoms with Crippen LogP contribution < -0.4 is 24.8 Å². The van der Waals surface area contributed by atoms with E-state index in [1.807, 2.05) is 0 Å². The summed E-state index contributed by atoms with van der Waals surface area (Å²) in [5, 5.41) is 15.9. The molecule has 9 heteroatoms. The Morgan fingerprint density at radius 1 is 0.972 bits per heavy atom. The fourth-order valence-electron chi connectivity index (χ4n) is 3.38. The number of alkyl halides is 1. The Labute approximate surface area is 222 Å². The molecule has 2 amide bonds. The number of aromatic nitrogens is 1. The quantitative estimate of drug-likeness (QED) is 0.126. The number of methoxy groups -OCH3 is 1. The van der Waals surface area contributed by atoms with Crippen LogP contribution in [0.2, 0.25) is 0 Å². The van der Waals surface area contributed by atoms with E-state index in [1.165, 1.54) is 0 Å². The lowest BCUT2D eigenvalue weighted by molar-refractivity contribution is 0.262. The Hall–Kier alpha value is -4.04. The SMILES string of the molecule is COc1ccc(NC(=O)Nc2ccc(Oc3ccnc4cc(OCCCI)c(C#N)cc34)cc2)cc1. The van der Waals surface area contributed by atoms with Crippen LogP contribution in [0.4, 0.5) is 16.2 Å². The molecule has 0 unspecified atom stereocenters. The van der Waals surface area contributed by atoms with Gasteiger partial charge in [0.25, 0.3) is 0 Å².